The Balaban J connectivity index is 1.58. The van der Waals surface area contributed by atoms with Crippen LogP contribution < -0.4 is 4.90 Å². The normalized spacial score (nSPS) is 10.9. The van der Waals surface area contributed by atoms with Gasteiger partial charge in [0.25, 0.3) is 0 Å². The molecule has 1 heterocycles. The van der Waals surface area contributed by atoms with E-state index >= 15 is 0 Å². The molecule has 186 valence electrons. The van der Waals surface area contributed by atoms with E-state index in [1.165, 1.54) is 0 Å². The number of nitrogens with zero attached hydrogens (tertiary/aromatic N) is 4. The maximum Gasteiger partial charge on any atom is 0.101 e. The Labute approximate surface area is 231 Å². The van der Waals surface area contributed by atoms with Crippen LogP contribution in [0, 0.1) is 22.7 Å². The van der Waals surface area contributed by atoms with E-state index in [0.717, 1.165) is 55.3 Å². The third-order valence-electron chi connectivity index (χ3n) is 7.41. The third-order valence-corrected chi connectivity index (χ3v) is 7.41. The molecule has 0 saturated carbocycles. The van der Waals surface area contributed by atoms with Gasteiger partial charge in [0.05, 0.1) is 33.9 Å². The summed E-state index contributed by atoms with van der Waals surface area (Å²) in [5.41, 5.74) is 6.88. The second-order valence-corrected chi connectivity index (χ2v) is 9.68. The third kappa shape index (κ3) is 3.68. The van der Waals surface area contributed by atoms with Crippen LogP contribution in [0.25, 0.3) is 38.3 Å². The van der Waals surface area contributed by atoms with Crippen molar-refractivity contribution < 1.29 is 0 Å². The molecule has 40 heavy (non-hydrogen) atoms. The van der Waals surface area contributed by atoms with Crippen LogP contribution in [-0.4, -0.2) is 4.57 Å². The summed E-state index contributed by atoms with van der Waals surface area (Å²) in [5.74, 6) is 0. The van der Waals surface area contributed by atoms with Gasteiger partial charge in [0.1, 0.15) is 6.07 Å². The van der Waals surface area contributed by atoms with E-state index in [0.29, 0.717) is 11.1 Å². The van der Waals surface area contributed by atoms with Gasteiger partial charge in [0.15, 0.2) is 0 Å². The van der Waals surface area contributed by atoms with Crippen molar-refractivity contribution in [1.82, 2.24) is 4.57 Å². The van der Waals surface area contributed by atoms with Gasteiger partial charge in [-0.25, -0.2) is 0 Å². The summed E-state index contributed by atoms with van der Waals surface area (Å²) in [6, 6.07) is 49.7. The molecule has 6 aromatic carbocycles. The lowest BCUT2D eigenvalue weighted by atomic mass is 10.0. The van der Waals surface area contributed by atoms with Crippen LogP contribution in [0.4, 0.5) is 17.1 Å². The van der Waals surface area contributed by atoms with Crippen LogP contribution in [0.5, 0.6) is 0 Å². The van der Waals surface area contributed by atoms with Gasteiger partial charge in [0, 0.05) is 27.8 Å². The Morgan fingerprint density at radius 1 is 0.525 bits per heavy atom. The molecule has 0 atom stereocenters. The minimum atomic E-state index is 0.463. The van der Waals surface area contributed by atoms with Gasteiger partial charge >= 0.3 is 0 Å². The molecule has 1 aromatic heterocycles. The van der Waals surface area contributed by atoms with E-state index in [9.17, 15) is 10.5 Å². The zero-order valence-corrected chi connectivity index (χ0v) is 21.5. The monoisotopic (exact) mass is 510 g/mol. The largest absolute Gasteiger partial charge is 0.310 e. The Hall–Kier alpha value is -5.84. The number of benzene rings is 6. The predicted molar refractivity (Wildman–Crippen MR) is 162 cm³/mol. The van der Waals surface area contributed by atoms with Crippen molar-refractivity contribution in [2.24, 2.45) is 0 Å². The summed E-state index contributed by atoms with van der Waals surface area (Å²) in [4.78, 5) is 2.26. The fourth-order valence-electron chi connectivity index (χ4n) is 5.67. The molecule has 0 unspecified atom stereocenters. The highest BCUT2D eigenvalue weighted by Crippen LogP contribution is 2.42. The molecule has 4 heteroatoms. The number of para-hydroxylation sites is 2. The van der Waals surface area contributed by atoms with Crippen LogP contribution in [0.2, 0.25) is 0 Å². The molecule has 0 N–H and O–H groups in total. The first-order chi connectivity index (χ1) is 19.8. The molecule has 0 amide bonds. The molecular weight excluding hydrogens is 488 g/mol. The minimum absolute atomic E-state index is 0.463. The van der Waals surface area contributed by atoms with Gasteiger partial charge in [0.2, 0.25) is 0 Å². The predicted octanol–water partition coefficient (Wildman–Crippen LogP) is 9.15. The highest BCUT2D eigenvalue weighted by atomic mass is 15.1. The average molecular weight is 511 g/mol. The smallest absolute Gasteiger partial charge is 0.101 e. The van der Waals surface area contributed by atoms with Crippen molar-refractivity contribution in [1.29, 1.82) is 10.5 Å². The maximum atomic E-state index is 10.0. The fraction of sp³-hybridized carbons (Fsp3) is 0. The summed E-state index contributed by atoms with van der Waals surface area (Å²) in [7, 11) is 0. The molecule has 0 radical (unpaired) electrons. The summed E-state index contributed by atoms with van der Waals surface area (Å²) in [5, 5.41) is 24.0. The summed E-state index contributed by atoms with van der Waals surface area (Å²) < 4.78 is 2.15. The molecule has 4 nitrogen and oxygen atoms in total. The first-order valence-electron chi connectivity index (χ1n) is 13.1. The van der Waals surface area contributed by atoms with Crippen LogP contribution in [-0.2, 0) is 0 Å². The van der Waals surface area contributed by atoms with Gasteiger partial charge in [-0.15, -0.1) is 0 Å². The van der Waals surface area contributed by atoms with Crippen LogP contribution in [0.15, 0.2) is 133 Å². The van der Waals surface area contributed by atoms with Crippen molar-refractivity contribution in [2.45, 2.75) is 0 Å². The molecule has 0 aliphatic carbocycles. The number of nitriles is 2. The fourth-order valence-corrected chi connectivity index (χ4v) is 5.67. The van der Waals surface area contributed by atoms with Crippen molar-refractivity contribution >= 4 is 49.6 Å². The molecule has 0 bridgehead atoms. The van der Waals surface area contributed by atoms with Crippen molar-refractivity contribution in [3.8, 4) is 17.8 Å². The molecule has 0 spiro atoms. The highest BCUT2D eigenvalue weighted by molar-refractivity contribution is 6.22. The topological polar surface area (TPSA) is 55.8 Å². The van der Waals surface area contributed by atoms with E-state index in [-0.39, 0.29) is 0 Å². The van der Waals surface area contributed by atoms with E-state index in [4.69, 9.17) is 0 Å². The molecule has 0 aliphatic heterocycles. The number of rotatable bonds is 4. The van der Waals surface area contributed by atoms with Gasteiger partial charge in [-0.2, -0.15) is 10.5 Å². The lowest BCUT2D eigenvalue weighted by Gasteiger charge is -2.25. The SMILES string of the molecule is N#Cc1ccc(-n2c3ccc(N(c4ccccc4)c4ccccc4)cc3c3c4ccccc4ccc32)c(C#N)c1. The summed E-state index contributed by atoms with van der Waals surface area (Å²) in [6.45, 7) is 0. The Bertz CT molecular complexity index is 2090. The lowest BCUT2D eigenvalue weighted by molar-refractivity contribution is 1.16. The zero-order valence-electron chi connectivity index (χ0n) is 21.5. The lowest BCUT2D eigenvalue weighted by Crippen LogP contribution is -2.09. The molecule has 0 fully saturated rings. The van der Waals surface area contributed by atoms with Crippen LogP contribution in [0.1, 0.15) is 11.1 Å². The number of hydrogen-bond donors (Lipinski definition) is 0. The molecule has 0 aliphatic rings. The first-order valence-corrected chi connectivity index (χ1v) is 13.1. The molecule has 7 rings (SSSR count). The van der Waals surface area contributed by atoms with E-state index < -0.39 is 0 Å². The summed E-state index contributed by atoms with van der Waals surface area (Å²) in [6.07, 6.45) is 0. The maximum absolute atomic E-state index is 10.0. The standard InChI is InChI=1S/C36H22N4/c37-23-25-15-18-33(27(21-25)24-38)40-34-20-17-30(39(28-10-3-1-4-11-28)29-12-5-2-6-13-29)22-32(34)36-31-14-8-7-9-26(31)16-19-35(36)40/h1-22H. The number of fused-ring (bicyclic) bond motifs is 5. The number of aromatic nitrogens is 1. The second kappa shape index (κ2) is 9.48. The zero-order chi connectivity index (χ0) is 27.1. The quantitative estimate of drug-likeness (QED) is 0.237. The second-order valence-electron chi connectivity index (χ2n) is 9.68. The molecular formula is C36H22N4. The van der Waals surface area contributed by atoms with E-state index in [1.54, 1.807) is 12.1 Å². The van der Waals surface area contributed by atoms with Gasteiger partial charge in [-0.05, 0) is 77.5 Å². The Morgan fingerprint density at radius 3 is 1.90 bits per heavy atom. The van der Waals surface area contributed by atoms with Crippen molar-refractivity contribution in [3.05, 3.63) is 145 Å². The van der Waals surface area contributed by atoms with E-state index in [2.05, 4.69) is 125 Å². The van der Waals surface area contributed by atoms with Gasteiger partial charge in [-0.3, -0.25) is 0 Å². The molecule has 0 saturated heterocycles. The van der Waals surface area contributed by atoms with Crippen molar-refractivity contribution in [2.75, 3.05) is 4.90 Å². The van der Waals surface area contributed by atoms with Crippen LogP contribution >= 0.6 is 0 Å². The Kier molecular flexibility index (Phi) is 5.52. The summed E-state index contributed by atoms with van der Waals surface area (Å²) >= 11 is 0. The van der Waals surface area contributed by atoms with Crippen molar-refractivity contribution in [3.63, 3.8) is 0 Å². The Morgan fingerprint density at radius 2 is 1.20 bits per heavy atom. The molecule has 7 aromatic rings. The first kappa shape index (κ1) is 23.3. The van der Waals surface area contributed by atoms with Gasteiger partial charge in [-0.1, -0.05) is 66.7 Å². The van der Waals surface area contributed by atoms with E-state index in [1.807, 2.05) is 18.2 Å². The highest BCUT2D eigenvalue weighted by Gasteiger charge is 2.20. The number of hydrogen-bond acceptors (Lipinski definition) is 3. The minimum Gasteiger partial charge on any atom is -0.310 e. The average Bonchev–Trinajstić information content (AvgIpc) is 3.36. The van der Waals surface area contributed by atoms with Gasteiger partial charge < -0.3 is 9.47 Å². The number of anilines is 3. The van der Waals surface area contributed by atoms with Crippen LogP contribution in [0.3, 0.4) is 0 Å².